The molecule has 2 N–H and O–H groups in total. The van der Waals surface area contributed by atoms with Gasteiger partial charge in [0.2, 0.25) is 0 Å². The Bertz CT molecular complexity index is 606. The van der Waals surface area contributed by atoms with Crippen molar-refractivity contribution in [1.29, 1.82) is 0 Å². The third-order valence-electron chi connectivity index (χ3n) is 4.17. The summed E-state index contributed by atoms with van der Waals surface area (Å²) in [7, 11) is 5.09. The second-order valence-corrected chi connectivity index (χ2v) is 5.80. The number of methoxy groups -OCH3 is 2. The lowest BCUT2D eigenvalue weighted by molar-refractivity contribution is 0.153. The van der Waals surface area contributed by atoms with Gasteiger partial charge in [-0.2, -0.15) is 0 Å². The summed E-state index contributed by atoms with van der Waals surface area (Å²) in [6.07, 6.45) is 5.12. The van der Waals surface area contributed by atoms with Gasteiger partial charge in [-0.3, -0.25) is 4.99 Å². The fourth-order valence-corrected chi connectivity index (χ4v) is 2.72. The number of nitrogens with one attached hydrogen (secondary N) is 2. The Morgan fingerprint density at radius 2 is 1.85 bits per heavy atom. The smallest absolute Gasteiger partial charge is 0.190 e. The van der Waals surface area contributed by atoms with Crippen LogP contribution in [0.15, 0.2) is 34.8 Å². The van der Waals surface area contributed by atoms with E-state index in [9.17, 15) is 0 Å². The van der Waals surface area contributed by atoms with Gasteiger partial charge in [0.05, 0.1) is 27.4 Å². The Balaban J connectivity index is 0.00000338. The van der Waals surface area contributed by atoms with Crippen molar-refractivity contribution >= 4 is 29.9 Å². The zero-order valence-corrected chi connectivity index (χ0v) is 18.2. The molecule has 0 bridgehead atoms. The number of ether oxygens (including phenoxy) is 3. The molecule has 0 amide bonds. The molecular weight excluding hydrogens is 445 g/mol. The van der Waals surface area contributed by atoms with E-state index < -0.39 is 0 Å². The molecule has 0 aromatic heterocycles. The van der Waals surface area contributed by atoms with Crippen molar-refractivity contribution < 1.29 is 14.2 Å². The van der Waals surface area contributed by atoms with E-state index in [4.69, 9.17) is 14.2 Å². The standard InChI is InChI=1S/C19H29N3O3.HI/c1-20-19(21-10-6-15-8-12-25-13-9-15)22-11-7-16-4-5-17(23-2)18(14-16)24-3;/h4-5,8,14H,6-7,9-13H2,1-3H3,(H2,20,21,22);1H. The summed E-state index contributed by atoms with van der Waals surface area (Å²) >= 11 is 0. The van der Waals surface area contributed by atoms with Crippen LogP contribution in [0.4, 0.5) is 0 Å². The van der Waals surface area contributed by atoms with Crippen LogP contribution in [0.1, 0.15) is 18.4 Å². The molecule has 1 aromatic rings. The zero-order valence-electron chi connectivity index (χ0n) is 15.8. The fourth-order valence-electron chi connectivity index (χ4n) is 2.72. The number of benzene rings is 1. The maximum Gasteiger partial charge on any atom is 0.190 e. The minimum Gasteiger partial charge on any atom is -0.493 e. The van der Waals surface area contributed by atoms with Gasteiger partial charge in [0.15, 0.2) is 17.5 Å². The van der Waals surface area contributed by atoms with E-state index >= 15 is 0 Å². The van der Waals surface area contributed by atoms with Gasteiger partial charge < -0.3 is 24.8 Å². The van der Waals surface area contributed by atoms with Gasteiger partial charge in [-0.05, 0) is 37.0 Å². The van der Waals surface area contributed by atoms with Crippen molar-refractivity contribution in [2.45, 2.75) is 19.3 Å². The molecule has 0 aliphatic carbocycles. The summed E-state index contributed by atoms with van der Waals surface area (Å²) in [6, 6.07) is 5.99. The minimum atomic E-state index is 0. The first-order valence-corrected chi connectivity index (χ1v) is 8.68. The van der Waals surface area contributed by atoms with Crippen molar-refractivity contribution in [3.05, 3.63) is 35.4 Å². The number of hydrogen-bond acceptors (Lipinski definition) is 4. The Morgan fingerprint density at radius 3 is 2.46 bits per heavy atom. The lowest BCUT2D eigenvalue weighted by Crippen LogP contribution is -2.38. The summed E-state index contributed by atoms with van der Waals surface area (Å²) < 4.78 is 15.9. The Labute approximate surface area is 173 Å². The van der Waals surface area contributed by atoms with Gasteiger partial charge >= 0.3 is 0 Å². The molecule has 1 aliphatic heterocycles. The highest BCUT2D eigenvalue weighted by Crippen LogP contribution is 2.27. The molecule has 2 rings (SSSR count). The topological polar surface area (TPSA) is 64.1 Å². The predicted octanol–water partition coefficient (Wildman–Crippen LogP) is 2.77. The van der Waals surface area contributed by atoms with Crippen LogP contribution in [0.25, 0.3) is 0 Å². The van der Waals surface area contributed by atoms with Crippen molar-refractivity contribution in [3.63, 3.8) is 0 Å². The zero-order chi connectivity index (χ0) is 17.9. The quantitative estimate of drug-likeness (QED) is 0.262. The molecule has 0 radical (unpaired) electrons. The first-order valence-electron chi connectivity index (χ1n) is 8.68. The second kappa shape index (κ2) is 12.8. The van der Waals surface area contributed by atoms with E-state index in [-0.39, 0.29) is 24.0 Å². The van der Waals surface area contributed by atoms with E-state index in [0.717, 1.165) is 63.0 Å². The van der Waals surface area contributed by atoms with Gasteiger partial charge in [-0.1, -0.05) is 17.7 Å². The van der Waals surface area contributed by atoms with Crippen LogP contribution in [-0.4, -0.2) is 53.5 Å². The summed E-state index contributed by atoms with van der Waals surface area (Å²) in [5.74, 6) is 2.33. The lowest BCUT2D eigenvalue weighted by atomic mass is 10.1. The maximum atomic E-state index is 5.34. The van der Waals surface area contributed by atoms with Crippen LogP contribution >= 0.6 is 24.0 Å². The number of hydrogen-bond donors (Lipinski definition) is 2. The molecule has 26 heavy (non-hydrogen) atoms. The molecule has 0 fully saturated rings. The highest BCUT2D eigenvalue weighted by molar-refractivity contribution is 14.0. The monoisotopic (exact) mass is 475 g/mol. The van der Waals surface area contributed by atoms with E-state index in [0.29, 0.717) is 0 Å². The van der Waals surface area contributed by atoms with Gasteiger partial charge in [-0.25, -0.2) is 0 Å². The average molecular weight is 475 g/mol. The van der Waals surface area contributed by atoms with Crippen molar-refractivity contribution in [1.82, 2.24) is 10.6 Å². The second-order valence-electron chi connectivity index (χ2n) is 5.80. The third kappa shape index (κ3) is 7.41. The van der Waals surface area contributed by atoms with Crippen LogP contribution in [0.3, 0.4) is 0 Å². The van der Waals surface area contributed by atoms with Crippen molar-refractivity contribution in [3.8, 4) is 11.5 Å². The van der Waals surface area contributed by atoms with Crippen LogP contribution in [0.2, 0.25) is 0 Å². The Kier molecular flexibility index (Phi) is 11.1. The van der Waals surface area contributed by atoms with E-state index in [2.05, 4.69) is 27.8 Å². The minimum absolute atomic E-state index is 0. The van der Waals surface area contributed by atoms with E-state index in [1.54, 1.807) is 21.3 Å². The van der Waals surface area contributed by atoms with Gasteiger partial charge in [-0.15, -0.1) is 24.0 Å². The fraction of sp³-hybridized carbons (Fsp3) is 0.526. The van der Waals surface area contributed by atoms with E-state index in [1.165, 1.54) is 11.1 Å². The molecule has 146 valence electrons. The van der Waals surface area contributed by atoms with Crippen LogP contribution in [-0.2, 0) is 11.2 Å². The van der Waals surface area contributed by atoms with Crippen LogP contribution < -0.4 is 20.1 Å². The molecule has 1 aliphatic rings. The largest absolute Gasteiger partial charge is 0.493 e. The number of rotatable bonds is 8. The summed E-state index contributed by atoms with van der Waals surface area (Å²) in [6.45, 7) is 3.26. The molecular formula is C19H30IN3O3. The molecule has 1 aromatic carbocycles. The average Bonchev–Trinajstić information content (AvgIpc) is 2.67. The predicted molar refractivity (Wildman–Crippen MR) is 116 cm³/mol. The van der Waals surface area contributed by atoms with Crippen molar-refractivity contribution in [2.75, 3.05) is 47.6 Å². The summed E-state index contributed by atoms with van der Waals surface area (Å²) in [5, 5.41) is 6.70. The molecule has 0 atom stereocenters. The molecule has 0 saturated carbocycles. The first-order chi connectivity index (χ1) is 12.3. The summed E-state index contributed by atoms with van der Waals surface area (Å²) in [4.78, 5) is 4.27. The lowest BCUT2D eigenvalue weighted by Gasteiger charge is -2.16. The molecule has 7 heteroatoms. The first kappa shape index (κ1) is 22.6. The van der Waals surface area contributed by atoms with Gasteiger partial charge in [0.1, 0.15) is 0 Å². The van der Waals surface area contributed by atoms with Crippen LogP contribution in [0.5, 0.6) is 11.5 Å². The van der Waals surface area contributed by atoms with Crippen LogP contribution in [0, 0.1) is 0 Å². The number of nitrogens with zero attached hydrogens (tertiary/aromatic N) is 1. The Morgan fingerprint density at radius 1 is 1.12 bits per heavy atom. The summed E-state index contributed by atoms with van der Waals surface area (Å²) in [5.41, 5.74) is 2.65. The third-order valence-corrected chi connectivity index (χ3v) is 4.17. The maximum absolute atomic E-state index is 5.34. The molecule has 6 nitrogen and oxygen atoms in total. The molecule has 1 heterocycles. The molecule has 0 saturated heterocycles. The van der Waals surface area contributed by atoms with Crippen molar-refractivity contribution in [2.24, 2.45) is 4.99 Å². The normalized spacial score (nSPS) is 14.1. The molecule has 0 spiro atoms. The van der Waals surface area contributed by atoms with Gasteiger partial charge in [0.25, 0.3) is 0 Å². The number of guanidine groups is 1. The number of aliphatic imine (C=N–C) groups is 1. The highest BCUT2D eigenvalue weighted by Gasteiger charge is 2.06. The SMILES string of the molecule is CN=C(NCCC1=CCOCC1)NCCc1ccc(OC)c(OC)c1.I. The van der Waals surface area contributed by atoms with E-state index in [1.807, 2.05) is 12.1 Å². The van der Waals surface area contributed by atoms with Gasteiger partial charge in [0, 0.05) is 20.1 Å². The number of halogens is 1. The Hall–Kier alpha value is -1.48. The highest BCUT2D eigenvalue weighted by atomic mass is 127. The molecule has 0 unspecified atom stereocenters.